The third-order valence-corrected chi connectivity index (χ3v) is 13.2. The lowest BCUT2D eigenvalue weighted by Gasteiger charge is -2.32. The van der Waals surface area contributed by atoms with Crippen LogP contribution in [0.2, 0.25) is 0 Å². The van der Waals surface area contributed by atoms with Crippen LogP contribution in [-0.2, 0) is 76.2 Å². The van der Waals surface area contributed by atoms with Gasteiger partial charge in [-0.2, -0.15) is 0 Å². The number of aliphatic hydroxyl groups is 3. The molecule has 0 aromatic heterocycles. The maximum absolute atomic E-state index is 14.4. The number of carboxylic acids is 1. The SMILES string of the molecule is CC[C@H](C)[C@H](NC(=O)[C@@H](N)CC(N)=O)C(=O)N[C@H](C(=O)N[C@@H](CCC(N)=O)C(=O)N1CCC[C@H]1C(=O)N[C@H](C(=O)N[C@@H](CCC(N)=O)C(=O)N[C@@H](CCC(N)=O)C(=O)N[C@@H](CO)C(=O)N[C@H](C(=O)O)[C@@H](C)O)[C@@H](C)O)[C@@H](C)OP(=O)(O)O. The Morgan fingerprint density at radius 1 is 0.573 bits per heavy atom. The van der Waals surface area contributed by atoms with E-state index in [4.69, 9.17) is 33.2 Å². The van der Waals surface area contributed by atoms with Crippen molar-refractivity contribution in [1.82, 2.24) is 47.4 Å². The molecule has 0 saturated carbocycles. The van der Waals surface area contributed by atoms with E-state index in [1.54, 1.807) is 6.92 Å². The Hall–Kier alpha value is -7.47. The molecule has 82 heavy (non-hydrogen) atoms. The molecule has 1 aliphatic heterocycles. The van der Waals surface area contributed by atoms with Crippen molar-refractivity contribution < 1.29 is 106 Å². The van der Waals surface area contributed by atoms with Crippen molar-refractivity contribution in [2.24, 2.45) is 34.6 Å². The zero-order valence-corrected chi connectivity index (χ0v) is 46.5. The summed E-state index contributed by atoms with van der Waals surface area (Å²) >= 11 is 0. The number of nitrogens with one attached hydrogen (secondary N) is 8. The van der Waals surface area contributed by atoms with E-state index in [0.717, 1.165) is 25.7 Å². The lowest BCUT2D eigenvalue weighted by Crippen LogP contribution is -2.63. The first kappa shape index (κ1) is 72.5. The third kappa shape index (κ3) is 24.7. The average Bonchev–Trinajstić information content (AvgIpc) is 3.89. The number of aliphatic carboxylic acids is 1. The summed E-state index contributed by atoms with van der Waals surface area (Å²) in [5.41, 5.74) is 26.8. The van der Waals surface area contributed by atoms with Gasteiger partial charge in [0.15, 0.2) is 6.04 Å². The van der Waals surface area contributed by atoms with E-state index >= 15 is 0 Å². The molecule has 1 rings (SSSR count). The predicted molar refractivity (Wildman–Crippen MR) is 277 cm³/mol. The number of rotatable bonds is 37. The van der Waals surface area contributed by atoms with Crippen LogP contribution in [0.25, 0.3) is 0 Å². The van der Waals surface area contributed by atoms with E-state index in [9.17, 15) is 102 Å². The number of carboxylic acid groups (broad SMARTS) is 1. The molecule has 1 heterocycles. The van der Waals surface area contributed by atoms with Crippen LogP contribution in [0.1, 0.15) is 98.8 Å². The van der Waals surface area contributed by atoms with Gasteiger partial charge in [0.25, 0.3) is 0 Å². The van der Waals surface area contributed by atoms with Gasteiger partial charge in [0.05, 0.1) is 37.4 Å². The second-order valence-corrected chi connectivity index (χ2v) is 20.6. The first-order chi connectivity index (χ1) is 38.0. The number of hydrogen-bond acceptors (Lipinski definition) is 20. The summed E-state index contributed by atoms with van der Waals surface area (Å²) in [4.78, 5) is 202. The Morgan fingerprint density at radius 2 is 0.988 bits per heavy atom. The molecule has 0 bridgehead atoms. The molecular formula is C45H77N14O22P. The van der Waals surface area contributed by atoms with Gasteiger partial charge < -0.3 is 106 Å². The highest BCUT2D eigenvalue weighted by Crippen LogP contribution is 2.38. The van der Waals surface area contributed by atoms with Crippen molar-refractivity contribution in [2.45, 2.75) is 178 Å². The van der Waals surface area contributed by atoms with Gasteiger partial charge in [0.1, 0.15) is 48.3 Å². The molecule has 13 amide bonds. The van der Waals surface area contributed by atoms with Crippen LogP contribution in [0.5, 0.6) is 0 Å². The summed E-state index contributed by atoms with van der Waals surface area (Å²) in [7, 11) is -5.44. The second-order valence-electron chi connectivity index (χ2n) is 19.4. The number of carbonyl (C=O) groups excluding carboxylic acids is 13. The number of carbonyl (C=O) groups is 14. The van der Waals surface area contributed by atoms with E-state index in [-0.39, 0.29) is 25.8 Å². The first-order valence-corrected chi connectivity index (χ1v) is 27.0. The topological polar surface area (TPSA) is 616 Å². The Bertz CT molecular complexity index is 2390. The summed E-state index contributed by atoms with van der Waals surface area (Å²) in [5.74, 6) is -17.3. The summed E-state index contributed by atoms with van der Waals surface area (Å²) in [5, 5.41) is 57.2. The molecule has 0 radical (unpaired) electrons. The smallest absolute Gasteiger partial charge is 0.469 e. The molecule has 0 aromatic carbocycles. The summed E-state index contributed by atoms with van der Waals surface area (Å²) < 4.78 is 16.7. The van der Waals surface area contributed by atoms with Crippen molar-refractivity contribution in [3.8, 4) is 0 Å². The fraction of sp³-hybridized carbons (Fsp3) is 0.689. The molecule has 0 spiro atoms. The normalized spacial score (nSPS) is 18.0. The Kier molecular flexibility index (Phi) is 30.2. The Labute approximate surface area is 468 Å². The molecule has 1 fully saturated rings. The molecule has 0 aromatic rings. The molecule has 37 heteroatoms. The number of amides is 13. The number of phosphoric acid groups is 1. The second kappa shape index (κ2) is 34.1. The largest absolute Gasteiger partial charge is 0.480 e. The summed E-state index contributed by atoms with van der Waals surface area (Å²) in [6.45, 7) is 4.73. The van der Waals surface area contributed by atoms with Crippen LogP contribution >= 0.6 is 7.82 Å². The van der Waals surface area contributed by atoms with E-state index in [1.165, 1.54) is 6.92 Å². The van der Waals surface area contributed by atoms with Crippen LogP contribution < -0.4 is 71.2 Å². The predicted octanol–water partition coefficient (Wildman–Crippen LogP) is -9.76. The van der Waals surface area contributed by atoms with Crippen molar-refractivity contribution in [2.75, 3.05) is 13.2 Å². The number of phosphoric ester groups is 1. The number of aliphatic hydroxyl groups excluding tert-OH is 3. The number of hydrogen-bond donors (Lipinski definition) is 19. The molecule has 464 valence electrons. The Morgan fingerprint density at radius 3 is 1.43 bits per heavy atom. The fourth-order valence-electron chi connectivity index (χ4n) is 7.91. The maximum atomic E-state index is 14.4. The summed E-state index contributed by atoms with van der Waals surface area (Å²) in [6.07, 6.45) is -9.48. The first-order valence-electron chi connectivity index (χ1n) is 25.5. The Balaban J connectivity index is 3.59. The van der Waals surface area contributed by atoms with Crippen LogP contribution in [0, 0.1) is 5.92 Å². The minimum Gasteiger partial charge on any atom is -0.480 e. The molecule has 0 unspecified atom stereocenters. The van der Waals surface area contributed by atoms with Gasteiger partial charge in [-0.3, -0.25) is 66.9 Å². The quantitative estimate of drug-likeness (QED) is 0.0257. The monoisotopic (exact) mass is 1200 g/mol. The van der Waals surface area contributed by atoms with Gasteiger partial charge >= 0.3 is 13.8 Å². The standard InChI is InChI=1S/C45H77N14O22P/c1-6-18(2)32(55-36(67)22(46)16-31(50)66)41(72)58-35(21(5)81-82(78,79)80)43(74)53-25(11-14-30(49)65)44(75)59-15-7-8-27(59)40(71)56-33(19(3)61)42(73)52-24(10-13-29(48)64)37(68)51-23(9-12-28(47)63)38(69)54-26(17-60)39(70)57-34(20(4)62)45(76)77/h18-27,32-35,60-62H,6-17,46H2,1-5H3,(H2,47,63)(H2,48,64)(H2,49,65)(H2,50,66)(H,51,68)(H,52,73)(H,53,74)(H,54,69)(H,55,67)(H,56,71)(H,57,70)(H,58,72)(H,76,77)(H2,78,79,80)/t18-,19+,20+,21+,22-,23-,24-,25-,26-,27-,32-,33-,34-,35-/m0/s1. The van der Waals surface area contributed by atoms with Gasteiger partial charge in [-0.25, -0.2) is 9.36 Å². The molecule has 1 aliphatic rings. The third-order valence-electron chi connectivity index (χ3n) is 12.6. The van der Waals surface area contributed by atoms with Gasteiger partial charge in [-0.05, 0) is 58.8 Å². The number of primary amides is 4. The van der Waals surface area contributed by atoms with Gasteiger partial charge in [0.2, 0.25) is 76.8 Å². The lowest BCUT2D eigenvalue weighted by molar-refractivity contribution is -0.145. The molecule has 14 atom stereocenters. The average molecular weight is 1200 g/mol. The van der Waals surface area contributed by atoms with E-state index < -0.39 is 227 Å². The van der Waals surface area contributed by atoms with Crippen LogP contribution in [0.4, 0.5) is 0 Å². The maximum Gasteiger partial charge on any atom is 0.469 e. The highest BCUT2D eigenvalue weighted by atomic mass is 31.2. The van der Waals surface area contributed by atoms with Crippen LogP contribution in [0.15, 0.2) is 0 Å². The van der Waals surface area contributed by atoms with Crippen molar-refractivity contribution in [3.05, 3.63) is 0 Å². The van der Waals surface area contributed by atoms with E-state index in [1.807, 2.05) is 10.6 Å². The van der Waals surface area contributed by atoms with Crippen LogP contribution in [0.3, 0.4) is 0 Å². The van der Waals surface area contributed by atoms with E-state index in [0.29, 0.717) is 0 Å². The minimum absolute atomic E-state index is 0.0812. The highest BCUT2D eigenvalue weighted by molar-refractivity contribution is 7.46. The zero-order chi connectivity index (χ0) is 63.1. The van der Waals surface area contributed by atoms with Gasteiger partial charge in [-0.15, -0.1) is 0 Å². The van der Waals surface area contributed by atoms with Crippen molar-refractivity contribution >= 4 is 90.6 Å². The lowest BCUT2D eigenvalue weighted by atomic mass is 9.97. The number of likely N-dealkylation sites (tertiary alicyclic amines) is 1. The minimum atomic E-state index is -5.44. The number of nitrogens with two attached hydrogens (primary N) is 5. The molecule has 24 N–H and O–H groups in total. The zero-order valence-electron chi connectivity index (χ0n) is 45.6. The van der Waals surface area contributed by atoms with E-state index in [2.05, 4.69) is 31.9 Å². The molecule has 1 saturated heterocycles. The molecular weight excluding hydrogens is 1120 g/mol. The van der Waals surface area contributed by atoms with Gasteiger partial charge in [0, 0.05) is 25.8 Å². The van der Waals surface area contributed by atoms with Crippen molar-refractivity contribution in [3.63, 3.8) is 0 Å². The van der Waals surface area contributed by atoms with Gasteiger partial charge in [-0.1, -0.05) is 20.3 Å². The fourth-order valence-corrected chi connectivity index (χ4v) is 8.46. The molecule has 0 aliphatic carbocycles. The number of nitrogens with zero attached hydrogens (tertiary/aromatic N) is 1. The van der Waals surface area contributed by atoms with Crippen molar-refractivity contribution in [1.29, 1.82) is 0 Å². The molecule has 36 nitrogen and oxygen atoms in total. The van der Waals surface area contributed by atoms with Crippen LogP contribution in [-0.4, -0.2) is 210 Å². The highest BCUT2D eigenvalue weighted by Gasteiger charge is 2.43. The summed E-state index contributed by atoms with van der Waals surface area (Å²) in [6, 6.07) is -17.9.